The van der Waals surface area contributed by atoms with E-state index in [2.05, 4.69) is 10.3 Å². The number of hydrogen-bond donors (Lipinski definition) is 2. The van der Waals surface area contributed by atoms with Crippen LogP contribution in [-0.2, 0) is 17.0 Å². The van der Waals surface area contributed by atoms with Gasteiger partial charge in [-0.3, -0.25) is 10.1 Å². The number of thioether (sulfide) groups is 1. The highest BCUT2D eigenvalue weighted by Crippen LogP contribution is 2.33. The Balaban J connectivity index is 1.64. The molecule has 2 aliphatic rings. The van der Waals surface area contributed by atoms with E-state index in [4.69, 9.17) is 0 Å². The first-order valence-electron chi connectivity index (χ1n) is 6.83. The van der Waals surface area contributed by atoms with Crippen molar-refractivity contribution in [1.82, 2.24) is 9.88 Å². The van der Waals surface area contributed by atoms with Gasteiger partial charge in [0.15, 0.2) is 5.13 Å². The first-order chi connectivity index (χ1) is 9.98. The highest BCUT2D eigenvalue weighted by atomic mass is 32.2. The molecule has 0 saturated carbocycles. The van der Waals surface area contributed by atoms with Gasteiger partial charge in [0.1, 0.15) is 0 Å². The van der Waals surface area contributed by atoms with E-state index >= 15 is 0 Å². The minimum Gasteiger partial charge on any atom is -0.481 e. The fourth-order valence-electron chi connectivity index (χ4n) is 2.56. The van der Waals surface area contributed by atoms with Crippen LogP contribution in [0.1, 0.15) is 23.9 Å². The number of carboxylic acid groups (broad SMARTS) is 1. The molecule has 1 saturated heterocycles. The Labute approximate surface area is 130 Å². The van der Waals surface area contributed by atoms with Gasteiger partial charge in [-0.2, -0.15) is 11.8 Å². The Morgan fingerprint density at radius 3 is 2.95 bits per heavy atom. The molecule has 8 heteroatoms. The van der Waals surface area contributed by atoms with Gasteiger partial charge in [0.05, 0.1) is 11.1 Å². The molecule has 1 atom stereocenters. The van der Waals surface area contributed by atoms with Crippen molar-refractivity contribution in [3.63, 3.8) is 0 Å². The number of carbonyl (C=O) groups is 2. The third kappa shape index (κ3) is 2.87. The van der Waals surface area contributed by atoms with Gasteiger partial charge < -0.3 is 10.0 Å². The predicted molar refractivity (Wildman–Crippen MR) is 82.9 cm³/mol. The summed E-state index contributed by atoms with van der Waals surface area (Å²) in [6, 6.07) is -0.251. The molecule has 3 heterocycles. The summed E-state index contributed by atoms with van der Waals surface area (Å²) in [6.07, 6.45) is 1.44. The SMILES string of the molecule is CC1(C(=O)O)CCN(C(=O)Nc2nc3c(s2)CSCC3)C1. The highest BCUT2D eigenvalue weighted by molar-refractivity contribution is 7.98. The maximum Gasteiger partial charge on any atom is 0.323 e. The molecule has 1 unspecified atom stereocenters. The van der Waals surface area contributed by atoms with Gasteiger partial charge in [-0.05, 0) is 25.5 Å². The lowest BCUT2D eigenvalue weighted by Gasteiger charge is -2.19. The van der Waals surface area contributed by atoms with E-state index in [-0.39, 0.29) is 12.6 Å². The molecule has 6 nitrogen and oxygen atoms in total. The number of anilines is 1. The van der Waals surface area contributed by atoms with Gasteiger partial charge in [-0.15, -0.1) is 11.3 Å². The second-order valence-electron chi connectivity index (χ2n) is 5.66. The quantitative estimate of drug-likeness (QED) is 0.870. The minimum atomic E-state index is -0.848. The summed E-state index contributed by atoms with van der Waals surface area (Å²) >= 11 is 3.40. The molecule has 3 rings (SSSR count). The van der Waals surface area contributed by atoms with Crippen LogP contribution in [0.3, 0.4) is 0 Å². The number of rotatable bonds is 2. The minimum absolute atomic E-state index is 0.245. The molecule has 0 spiro atoms. The zero-order chi connectivity index (χ0) is 15.0. The van der Waals surface area contributed by atoms with Crippen molar-refractivity contribution in [2.75, 3.05) is 24.2 Å². The van der Waals surface area contributed by atoms with Crippen LogP contribution in [0.4, 0.5) is 9.93 Å². The second kappa shape index (κ2) is 5.49. The van der Waals surface area contributed by atoms with E-state index in [0.29, 0.717) is 18.1 Å². The van der Waals surface area contributed by atoms with Gasteiger partial charge in [0.2, 0.25) is 0 Å². The van der Waals surface area contributed by atoms with Crippen LogP contribution in [0.2, 0.25) is 0 Å². The molecular weight excluding hydrogens is 310 g/mol. The van der Waals surface area contributed by atoms with Gasteiger partial charge in [-0.1, -0.05) is 0 Å². The van der Waals surface area contributed by atoms with E-state index in [9.17, 15) is 14.7 Å². The number of amides is 2. The largest absolute Gasteiger partial charge is 0.481 e. The molecular formula is C13H17N3O3S2. The number of urea groups is 1. The smallest absolute Gasteiger partial charge is 0.323 e. The summed E-state index contributed by atoms with van der Waals surface area (Å²) in [4.78, 5) is 30.7. The first kappa shape index (κ1) is 14.6. The molecule has 1 fully saturated rings. The number of nitrogens with one attached hydrogen (secondary N) is 1. The third-order valence-corrected chi connectivity index (χ3v) is 6.17. The number of hydrogen-bond acceptors (Lipinski definition) is 5. The number of carbonyl (C=O) groups excluding carboxylic acids is 1. The monoisotopic (exact) mass is 327 g/mol. The van der Waals surface area contributed by atoms with Gasteiger partial charge in [0, 0.05) is 23.7 Å². The highest BCUT2D eigenvalue weighted by Gasteiger charge is 2.42. The Morgan fingerprint density at radius 2 is 2.29 bits per heavy atom. The fourth-order valence-corrected chi connectivity index (χ4v) is 4.67. The van der Waals surface area contributed by atoms with E-state index in [1.54, 1.807) is 11.8 Å². The van der Waals surface area contributed by atoms with Gasteiger partial charge in [-0.25, -0.2) is 9.78 Å². The first-order valence-corrected chi connectivity index (χ1v) is 8.81. The number of nitrogens with zero attached hydrogens (tertiary/aromatic N) is 2. The number of thiazole rings is 1. The maximum absolute atomic E-state index is 12.2. The van der Waals surface area contributed by atoms with Crippen molar-refractivity contribution < 1.29 is 14.7 Å². The van der Waals surface area contributed by atoms with Crippen LogP contribution in [-0.4, -0.2) is 45.8 Å². The number of carboxylic acids is 1. The Morgan fingerprint density at radius 1 is 1.48 bits per heavy atom. The number of aryl methyl sites for hydroxylation is 1. The number of likely N-dealkylation sites (tertiary alicyclic amines) is 1. The molecule has 2 aliphatic heterocycles. The summed E-state index contributed by atoms with van der Waals surface area (Å²) in [6.45, 7) is 2.40. The lowest BCUT2D eigenvalue weighted by atomic mass is 9.90. The molecule has 0 bridgehead atoms. The zero-order valence-electron chi connectivity index (χ0n) is 11.7. The van der Waals surface area contributed by atoms with E-state index < -0.39 is 11.4 Å². The number of aromatic nitrogens is 1. The van der Waals surface area contributed by atoms with Crippen LogP contribution in [0.5, 0.6) is 0 Å². The fraction of sp³-hybridized carbons (Fsp3) is 0.615. The van der Waals surface area contributed by atoms with Crippen LogP contribution < -0.4 is 5.32 Å². The maximum atomic E-state index is 12.2. The van der Waals surface area contributed by atoms with Crippen molar-refractivity contribution in [1.29, 1.82) is 0 Å². The molecule has 1 aromatic heterocycles. The van der Waals surface area contributed by atoms with E-state index in [0.717, 1.165) is 23.6 Å². The molecule has 1 aromatic rings. The standard InChI is InChI=1S/C13H17N3O3S2/c1-13(10(17)18)3-4-16(7-13)12(19)15-11-14-8-2-5-20-6-9(8)21-11/h2-7H2,1H3,(H,17,18)(H,14,15,19). The second-order valence-corrected chi connectivity index (χ2v) is 7.85. The Kier molecular flexibility index (Phi) is 3.83. The van der Waals surface area contributed by atoms with Crippen LogP contribution in [0, 0.1) is 5.41 Å². The summed E-state index contributed by atoms with van der Waals surface area (Å²) in [5.74, 6) is 1.19. The van der Waals surface area contributed by atoms with Gasteiger partial charge >= 0.3 is 12.0 Å². The molecule has 21 heavy (non-hydrogen) atoms. The number of aliphatic carboxylic acids is 1. The topological polar surface area (TPSA) is 82.5 Å². The zero-order valence-corrected chi connectivity index (χ0v) is 13.4. The molecule has 0 aliphatic carbocycles. The predicted octanol–water partition coefficient (Wildman–Crippen LogP) is 2.26. The average Bonchev–Trinajstić information content (AvgIpc) is 3.02. The van der Waals surface area contributed by atoms with E-state index in [1.165, 1.54) is 16.2 Å². The lowest BCUT2D eigenvalue weighted by molar-refractivity contribution is -0.146. The summed E-state index contributed by atoms with van der Waals surface area (Å²) in [5, 5.41) is 12.6. The summed E-state index contributed by atoms with van der Waals surface area (Å²) in [5.41, 5.74) is 0.252. The van der Waals surface area contributed by atoms with Crippen LogP contribution in [0.25, 0.3) is 0 Å². The van der Waals surface area contributed by atoms with Crippen LogP contribution >= 0.6 is 23.1 Å². The van der Waals surface area contributed by atoms with Gasteiger partial charge in [0.25, 0.3) is 0 Å². The molecule has 0 radical (unpaired) electrons. The molecule has 2 amide bonds. The summed E-state index contributed by atoms with van der Waals surface area (Å²) < 4.78 is 0. The van der Waals surface area contributed by atoms with Crippen LogP contribution in [0.15, 0.2) is 0 Å². The van der Waals surface area contributed by atoms with Crippen molar-refractivity contribution in [2.45, 2.75) is 25.5 Å². The molecule has 0 aromatic carbocycles. The van der Waals surface area contributed by atoms with Crippen molar-refractivity contribution in [3.8, 4) is 0 Å². The third-order valence-electron chi connectivity index (χ3n) is 3.99. The Bertz CT molecular complexity index is 566. The lowest BCUT2D eigenvalue weighted by Crippen LogP contribution is -2.37. The summed E-state index contributed by atoms with van der Waals surface area (Å²) in [7, 11) is 0. The molecule has 2 N–H and O–H groups in total. The average molecular weight is 327 g/mol. The Hall–Kier alpha value is -1.28. The van der Waals surface area contributed by atoms with Crippen molar-refractivity contribution in [3.05, 3.63) is 10.6 Å². The van der Waals surface area contributed by atoms with E-state index in [1.807, 2.05) is 11.8 Å². The van der Waals surface area contributed by atoms with Crippen molar-refractivity contribution >= 4 is 40.2 Å². The number of fused-ring (bicyclic) bond motifs is 1. The van der Waals surface area contributed by atoms with Crippen molar-refractivity contribution in [2.24, 2.45) is 5.41 Å². The molecule has 114 valence electrons. The normalized spacial score (nSPS) is 24.7.